The van der Waals surface area contributed by atoms with Gasteiger partial charge in [-0.1, -0.05) is 23.7 Å². The molecule has 4 rings (SSSR count). The predicted octanol–water partition coefficient (Wildman–Crippen LogP) is 4.28. The van der Waals surface area contributed by atoms with Gasteiger partial charge >= 0.3 is 0 Å². The molecule has 0 saturated heterocycles. The summed E-state index contributed by atoms with van der Waals surface area (Å²) in [7, 11) is -3.78. The molecule has 0 aliphatic heterocycles. The lowest BCUT2D eigenvalue weighted by Gasteiger charge is -2.09. The van der Waals surface area contributed by atoms with Crippen LogP contribution < -0.4 is 4.72 Å². The van der Waals surface area contributed by atoms with Gasteiger partial charge in [-0.05, 0) is 36.4 Å². The van der Waals surface area contributed by atoms with Gasteiger partial charge in [0, 0.05) is 0 Å². The summed E-state index contributed by atoms with van der Waals surface area (Å²) in [5.41, 5.74) is 2.38. The van der Waals surface area contributed by atoms with Gasteiger partial charge in [0.2, 0.25) is 0 Å². The first-order valence-corrected chi connectivity index (χ1v) is 9.19. The second-order valence-corrected chi connectivity index (χ2v) is 7.45. The average Bonchev–Trinajstić information content (AvgIpc) is 3.25. The fraction of sp³-hybridized carbons (Fsp3) is 0. The summed E-state index contributed by atoms with van der Waals surface area (Å²) in [6, 6.07) is 13.1. The van der Waals surface area contributed by atoms with Crippen molar-refractivity contribution in [2.45, 2.75) is 4.90 Å². The van der Waals surface area contributed by atoms with E-state index in [2.05, 4.69) is 14.7 Å². The van der Waals surface area contributed by atoms with Crippen molar-refractivity contribution >= 4 is 38.3 Å². The third kappa shape index (κ3) is 2.99. The molecular weight excluding hydrogens is 362 g/mol. The van der Waals surface area contributed by atoms with Crippen LogP contribution in [0.4, 0.5) is 5.69 Å². The molecule has 0 bridgehead atoms. The summed E-state index contributed by atoms with van der Waals surface area (Å²) in [6.07, 6.45) is 3.11. The van der Waals surface area contributed by atoms with Crippen molar-refractivity contribution in [3.63, 3.8) is 0 Å². The highest BCUT2D eigenvalue weighted by Gasteiger charge is 2.17. The molecule has 2 aromatic carbocycles. The number of nitrogens with one attached hydrogen (secondary N) is 2. The molecule has 0 unspecified atom stereocenters. The molecule has 0 aliphatic rings. The van der Waals surface area contributed by atoms with Crippen LogP contribution >= 0.6 is 11.6 Å². The number of nitrogens with zero attached hydrogens (tertiary/aromatic N) is 1. The first-order valence-electron chi connectivity index (χ1n) is 7.33. The van der Waals surface area contributed by atoms with E-state index in [4.69, 9.17) is 16.0 Å². The lowest BCUT2D eigenvalue weighted by molar-refractivity contribution is 0.568. The Balaban J connectivity index is 1.72. The van der Waals surface area contributed by atoms with Crippen LogP contribution in [-0.4, -0.2) is 18.4 Å². The average molecular weight is 374 g/mol. The minimum atomic E-state index is -3.78. The first-order chi connectivity index (χ1) is 12.0. The van der Waals surface area contributed by atoms with Gasteiger partial charge in [0.25, 0.3) is 10.0 Å². The molecule has 6 nitrogen and oxygen atoms in total. The summed E-state index contributed by atoms with van der Waals surface area (Å²) in [5.74, 6) is 0.609. The molecule has 25 heavy (non-hydrogen) atoms. The highest BCUT2D eigenvalue weighted by molar-refractivity contribution is 7.92. The Morgan fingerprint density at radius 3 is 2.72 bits per heavy atom. The minimum absolute atomic E-state index is 0.102. The van der Waals surface area contributed by atoms with Gasteiger partial charge in [0.1, 0.15) is 12.1 Å². The largest absolute Gasteiger partial charge is 0.472 e. The Morgan fingerprint density at radius 2 is 1.96 bits per heavy atom. The van der Waals surface area contributed by atoms with Gasteiger partial charge < -0.3 is 9.40 Å². The van der Waals surface area contributed by atoms with Crippen LogP contribution in [0.1, 0.15) is 0 Å². The number of halogens is 1. The molecule has 0 spiro atoms. The topological polar surface area (TPSA) is 88.0 Å². The zero-order valence-electron chi connectivity index (χ0n) is 12.7. The SMILES string of the molecule is O=S(=O)(Nc1ccccc1Cl)c1ccc2[nH]c(-c3ccoc3)nc2c1. The number of anilines is 1. The van der Waals surface area contributed by atoms with Crippen molar-refractivity contribution in [3.8, 4) is 11.4 Å². The second kappa shape index (κ2) is 5.94. The molecule has 4 aromatic rings. The van der Waals surface area contributed by atoms with E-state index < -0.39 is 10.0 Å². The van der Waals surface area contributed by atoms with Crippen LogP contribution in [0.15, 0.2) is 70.4 Å². The van der Waals surface area contributed by atoms with E-state index in [1.807, 2.05) is 0 Å². The van der Waals surface area contributed by atoms with Crippen molar-refractivity contribution < 1.29 is 12.8 Å². The highest BCUT2D eigenvalue weighted by atomic mass is 35.5. The van der Waals surface area contributed by atoms with E-state index in [0.717, 1.165) is 11.1 Å². The van der Waals surface area contributed by atoms with Crippen LogP contribution in [0.5, 0.6) is 0 Å². The van der Waals surface area contributed by atoms with Crippen molar-refractivity contribution in [1.29, 1.82) is 0 Å². The maximum absolute atomic E-state index is 12.6. The summed E-state index contributed by atoms with van der Waals surface area (Å²) in [4.78, 5) is 7.65. The Labute approximate surface area is 148 Å². The van der Waals surface area contributed by atoms with E-state index >= 15 is 0 Å². The first kappa shape index (κ1) is 15.7. The molecule has 126 valence electrons. The van der Waals surface area contributed by atoms with Crippen molar-refractivity contribution in [3.05, 3.63) is 66.1 Å². The van der Waals surface area contributed by atoms with Crippen LogP contribution in [0, 0.1) is 0 Å². The maximum Gasteiger partial charge on any atom is 0.262 e. The fourth-order valence-electron chi connectivity index (χ4n) is 2.44. The maximum atomic E-state index is 12.6. The van der Waals surface area contributed by atoms with Gasteiger partial charge in [-0.15, -0.1) is 0 Å². The molecule has 0 aliphatic carbocycles. The number of sulfonamides is 1. The molecule has 2 heterocycles. The van der Waals surface area contributed by atoms with Crippen LogP contribution in [-0.2, 0) is 10.0 Å². The number of para-hydroxylation sites is 1. The van der Waals surface area contributed by atoms with E-state index in [1.165, 1.54) is 12.1 Å². The minimum Gasteiger partial charge on any atom is -0.472 e. The van der Waals surface area contributed by atoms with Crippen molar-refractivity contribution in [1.82, 2.24) is 9.97 Å². The molecule has 8 heteroatoms. The van der Waals surface area contributed by atoms with Crippen LogP contribution in [0.3, 0.4) is 0 Å². The number of furan rings is 1. The Morgan fingerprint density at radius 1 is 1.12 bits per heavy atom. The molecule has 2 N–H and O–H groups in total. The fourth-order valence-corrected chi connectivity index (χ4v) is 3.77. The second-order valence-electron chi connectivity index (χ2n) is 5.36. The van der Waals surface area contributed by atoms with E-state index in [0.29, 0.717) is 22.1 Å². The number of imidazole rings is 1. The molecule has 0 fully saturated rings. The number of benzene rings is 2. The van der Waals surface area contributed by atoms with E-state index in [-0.39, 0.29) is 4.90 Å². The summed E-state index contributed by atoms with van der Waals surface area (Å²) >= 11 is 6.02. The quantitative estimate of drug-likeness (QED) is 0.559. The van der Waals surface area contributed by atoms with Crippen LogP contribution in [0.2, 0.25) is 5.02 Å². The Kier molecular flexibility index (Phi) is 3.74. The van der Waals surface area contributed by atoms with Gasteiger partial charge in [-0.25, -0.2) is 13.4 Å². The summed E-state index contributed by atoms with van der Waals surface area (Å²) < 4.78 is 32.8. The predicted molar refractivity (Wildman–Crippen MR) is 96.1 cm³/mol. The molecule has 0 atom stereocenters. The Bertz CT molecular complexity index is 1150. The van der Waals surface area contributed by atoms with Crippen LogP contribution in [0.25, 0.3) is 22.4 Å². The third-order valence-electron chi connectivity index (χ3n) is 3.68. The number of H-pyrrole nitrogens is 1. The van der Waals surface area contributed by atoms with Gasteiger partial charge in [0.05, 0.1) is 38.5 Å². The number of hydrogen-bond acceptors (Lipinski definition) is 4. The number of rotatable bonds is 4. The summed E-state index contributed by atoms with van der Waals surface area (Å²) in [5, 5.41) is 0.328. The Hall–Kier alpha value is -2.77. The number of aromatic nitrogens is 2. The third-order valence-corrected chi connectivity index (χ3v) is 5.37. The number of hydrogen-bond donors (Lipinski definition) is 2. The smallest absolute Gasteiger partial charge is 0.262 e. The van der Waals surface area contributed by atoms with E-state index in [9.17, 15) is 8.42 Å². The number of fused-ring (bicyclic) bond motifs is 1. The van der Waals surface area contributed by atoms with E-state index in [1.54, 1.807) is 48.9 Å². The standard InChI is InChI=1S/C17H12ClN3O3S/c18-13-3-1-2-4-14(13)21-25(22,23)12-5-6-15-16(9-12)20-17(19-15)11-7-8-24-10-11/h1-10,21H,(H,19,20). The molecule has 0 radical (unpaired) electrons. The van der Waals surface area contributed by atoms with Gasteiger partial charge in [-0.3, -0.25) is 4.72 Å². The molecule has 2 aromatic heterocycles. The zero-order chi connectivity index (χ0) is 17.4. The monoisotopic (exact) mass is 373 g/mol. The molecule has 0 amide bonds. The van der Waals surface area contributed by atoms with Crippen molar-refractivity contribution in [2.75, 3.05) is 4.72 Å². The highest BCUT2D eigenvalue weighted by Crippen LogP contribution is 2.26. The molecule has 0 saturated carbocycles. The van der Waals surface area contributed by atoms with Gasteiger partial charge in [0.15, 0.2) is 0 Å². The normalized spacial score (nSPS) is 11.7. The lowest BCUT2D eigenvalue weighted by Crippen LogP contribution is -2.13. The number of aromatic amines is 1. The summed E-state index contributed by atoms with van der Waals surface area (Å²) in [6.45, 7) is 0. The van der Waals surface area contributed by atoms with Gasteiger partial charge in [-0.2, -0.15) is 0 Å². The molecular formula is C17H12ClN3O3S. The zero-order valence-corrected chi connectivity index (χ0v) is 14.3. The lowest BCUT2D eigenvalue weighted by atomic mass is 10.3. The van der Waals surface area contributed by atoms with Crippen molar-refractivity contribution in [2.24, 2.45) is 0 Å².